The van der Waals surface area contributed by atoms with E-state index in [9.17, 15) is 13.9 Å². The molecule has 0 unspecified atom stereocenters. The van der Waals surface area contributed by atoms with Crippen LogP contribution in [-0.4, -0.2) is 31.4 Å². The molecular weight excluding hydrogens is 330 g/mol. The van der Waals surface area contributed by atoms with Crippen molar-refractivity contribution in [3.8, 4) is 6.07 Å². The quantitative estimate of drug-likeness (QED) is 0.711. The maximum atomic E-state index is 13.7. The van der Waals surface area contributed by atoms with Crippen molar-refractivity contribution in [2.24, 2.45) is 0 Å². The molecule has 2 heterocycles. The van der Waals surface area contributed by atoms with Gasteiger partial charge in [-0.1, -0.05) is 6.07 Å². The second kappa shape index (κ2) is 7.19. The average molecular weight is 344 g/mol. The summed E-state index contributed by atoms with van der Waals surface area (Å²) in [4.78, 5) is 8.24. The number of nitriles is 1. The number of halogens is 2. The van der Waals surface area contributed by atoms with Gasteiger partial charge in [0.1, 0.15) is 23.8 Å². The fraction of sp³-hybridized carbons (Fsp3) is 0.250. The molecule has 0 aliphatic carbocycles. The summed E-state index contributed by atoms with van der Waals surface area (Å²) in [6, 6.07) is 5.05. The molecule has 3 rings (SSSR count). The van der Waals surface area contributed by atoms with Crippen LogP contribution in [0.25, 0.3) is 11.0 Å². The molecule has 7 nitrogen and oxygen atoms in total. The van der Waals surface area contributed by atoms with E-state index in [1.807, 2.05) is 6.07 Å². The molecule has 0 amide bonds. The van der Waals surface area contributed by atoms with Gasteiger partial charge in [0.05, 0.1) is 36.7 Å². The fourth-order valence-corrected chi connectivity index (χ4v) is 2.43. The van der Waals surface area contributed by atoms with Gasteiger partial charge >= 0.3 is 0 Å². The van der Waals surface area contributed by atoms with Crippen molar-refractivity contribution >= 4 is 16.9 Å². The molecule has 0 aliphatic rings. The number of nitrogens with zero attached hydrogens (tertiary/aromatic N) is 5. The number of nitrogens with one attached hydrogen (secondary N) is 1. The van der Waals surface area contributed by atoms with Crippen LogP contribution in [0.2, 0.25) is 0 Å². The van der Waals surface area contributed by atoms with Gasteiger partial charge in [-0.15, -0.1) is 0 Å². The highest BCUT2D eigenvalue weighted by Crippen LogP contribution is 2.22. The molecule has 0 spiro atoms. The van der Waals surface area contributed by atoms with Crippen LogP contribution in [0.1, 0.15) is 18.1 Å². The normalized spacial score (nSPS) is 12.1. The summed E-state index contributed by atoms with van der Waals surface area (Å²) in [5, 5.41) is 26.5. The van der Waals surface area contributed by atoms with E-state index in [1.54, 1.807) is 10.9 Å². The van der Waals surface area contributed by atoms with Crippen LogP contribution < -0.4 is 5.32 Å². The highest BCUT2D eigenvalue weighted by atomic mass is 19.1. The van der Waals surface area contributed by atoms with E-state index in [2.05, 4.69) is 20.4 Å². The van der Waals surface area contributed by atoms with Crippen LogP contribution in [0.3, 0.4) is 0 Å². The lowest BCUT2D eigenvalue weighted by molar-refractivity contribution is 0.186. The number of aliphatic hydroxyl groups excluding tert-OH is 1. The van der Waals surface area contributed by atoms with Crippen molar-refractivity contribution in [1.82, 2.24) is 19.7 Å². The molecule has 1 aromatic carbocycles. The first-order valence-electron chi connectivity index (χ1n) is 7.50. The van der Waals surface area contributed by atoms with Crippen LogP contribution in [0, 0.1) is 23.0 Å². The molecule has 9 heteroatoms. The number of rotatable bonds is 6. The highest BCUT2D eigenvalue weighted by Gasteiger charge is 2.15. The lowest BCUT2D eigenvalue weighted by atomic mass is 10.1. The highest BCUT2D eigenvalue weighted by molar-refractivity contribution is 5.86. The molecule has 128 valence electrons. The van der Waals surface area contributed by atoms with E-state index in [0.29, 0.717) is 29.8 Å². The Kier molecular flexibility index (Phi) is 4.81. The van der Waals surface area contributed by atoms with Gasteiger partial charge < -0.3 is 10.4 Å². The van der Waals surface area contributed by atoms with Gasteiger partial charge in [0.25, 0.3) is 0 Å². The second-order valence-corrected chi connectivity index (χ2v) is 5.30. The maximum Gasteiger partial charge on any atom is 0.163 e. The van der Waals surface area contributed by atoms with E-state index in [-0.39, 0.29) is 12.1 Å². The van der Waals surface area contributed by atoms with Gasteiger partial charge in [0.15, 0.2) is 5.65 Å². The third kappa shape index (κ3) is 3.54. The number of hydrogen-bond acceptors (Lipinski definition) is 6. The molecule has 3 aromatic rings. The summed E-state index contributed by atoms with van der Waals surface area (Å²) in [6.45, 7) is 0.373. The van der Waals surface area contributed by atoms with Crippen LogP contribution in [0.4, 0.5) is 14.6 Å². The number of benzene rings is 1. The molecule has 25 heavy (non-hydrogen) atoms. The molecule has 0 radical (unpaired) electrons. The van der Waals surface area contributed by atoms with Gasteiger partial charge in [-0.3, -0.25) is 0 Å². The summed E-state index contributed by atoms with van der Waals surface area (Å²) in [7, 11) is 0. The van der Waals surface area contributed by atoms with E-state index in [1.165, 1.54) is 12.4 Å². The number of fused-ring (bicyclic) bond motifs is 1. The lowest BCUT2D eigenvalue weighted by Gasteiger charge is -2.13. The van der Waals surface area contributed by atoms with Crippen molar-refractivity contribution in [2.75, 3.05) is 11.9 Å². The topological polar surface area (TPSA) is 99.7 Å². The third-order valence-corrected chi connectivity index (χ3v) is 3.65. The SMILES string of the molecule is N#CCCn1ncc2c(NC[C@@H](O)c3ccc(F)cc3F)ncnc21. The van der Waals surface area contributed by atoms with Crippen LogP contribution >= 0.6 is 0 Å². The molecule has 2 N–H and O–H groups in total. The maximum absolute atomic E-state index is 13.7. The number of anilines is 1. The first-order valence-corrected chi connectivity index (χ1v) is 7.50. The molecule has 0 saturated carbocycles. The van der Waals surface area contributed by atoms with Crippen molar-refractivity contribution in [1.29, 1.82) is 5.26 Å². The van der Waals surface area contributed by atoms with Gasteiger partial charge in [-0.2, -0.15) is 10.4 Å². The number of aliphatic hydroxyl groups is 1. The van der Waals surface area contributed by atoms with Crippen LogP contribution in [0.15, 0.2) is 30.7 Å². The number of aromatic nitrogens is 4. The van der Waals surface area contributed by atoms with Gasteiger partial charge in [0, 0.05) is 18.2 Å². The van der Waals surface area contributed by atoms with Crippen molar-refractivity contribution in [3.05, 3.63) is 47.9 Å². The van der Waals surface area contributed by atoms with E-state index >= 15 is 0 Å². The average Bonchev–Trinajstić information content (AvgIpc) is 3.01. The molecule has 2 aromatic heterocycles. The van der Waals surface area contributed by atoms with Crippen molar-refractivity contribution in [2.45, 2.75) is 19.1 Å². The zero-order valence-corrected chi connectivity index (χ0v) is 13.0. The Morgan fingerprint density at radius 1 is 1.32 bits per heavy atom. The summed E-state index contributed by atoms with van der Waals surface area (Å²) >= 11 is 0. The molecule has 0 bridgehead atoms. The summed E-state index contributed by atoms with van der Waals surface area (Å²) in [5.41, 5.74) is 0.541. The molecular formula is C16H14F2N6O. The molecule has 0 saturated heterocycles. The summed E-state index contributed by atoms with van der Waals surface area (Å²) < 4.78 is 28.2. The minimum atomic E-state index is -1.18. The Balaban J connectivity index is 1.77. The van der Waals surface area contributed by atoms with Crippen LogP contribution in [0.5, 0.6) is 0 Å². The van der Waals surface area contributed by atoms with Gasteiger partial charge in [-0.25, -0.2) is 23.4 Å². The Morgan fingerprint density at radius 2 is 2.16 bits per heavy atom. The minimum absolute atomic E-state index is 0.0103. The Morgan fingerprint density at radius 3 is 2.92 bits per heavy atom. The first kappa shape index (κ1) is 16.7. The standard InChI is InChI=1S/C16H14F2N6O/c17-10-2-3-11(13(18)6-10)14(25)8-20-15-12-7-23-24(5-1-4-19)16(12)22-9-21-15/h2-3,6-7,9,14,25H,1,5,8H2,(H,20,21,22)/t14-/m1/s1. The second-order valence-electron chi connectivity index (χ2n) is 5.30. The molecule has 0 aliphatic heterocycles. The Hall–Kier alpha value is -3.12. The predicted molar refractivity (Wildman–Crippen MR) is 85.4 cm³/mol. The van der Waals surface area contributed by atoms with E-state index in [0.717, 1.165) is 12.1 Å². The number of aryl methyl sites for hydroxylation is 1. The summed E-state index contributed by atoms with van der Waals surface area (Å²) in [5.74, 6) is -1.09. The number of hydrogen-bond donors (Lipinski definition) is 2. The van der Waals surface area contributed by atoms with Gasteiger partial charge in [-0.05, 0) is 6.07 Å². The third-order valence-electron chi connectivity index (χ3n) is 3.65. The zero-order valence-electron chi connectivity index (χ0n) is 13.0. The van der Waals surface area contributed by atoms with E-state index < -0.39 is 17.7 Å². The molecule has 0 fully saturated rings. The summed E-state index contributed by atoms with van der Waals surface area (Å²) in [6.07, 6.45) is 2.01. The van der Waals surface area contributed by atoms with E-state index in [4.69, 9.17) is 5.26 Å². The fourth-order valence-electron chi connectivity index (χ4n) is 2.43. The zero-order chi connectivity index (χ0) is 17.8. The van der Waals surface area contributed by atoms with Crippen molar-refractivity contribution < 1.29 is 13.9 Å². The smallest absolute Gasteiger partial charge is 0.163 e. The Labute approximate surface area is 141 Å². The monoisotopic (exact) mass is 344 g/mol. The largest absolute Gasteiger partial charge is 0.386 e. The van der Waals surface area contributed by atoms with Crippen LogP contribution in [-0.2, 0) is 6.54 Å². The molecule has 1 atom stereocenters. The lowest BCUT2D eigenvalue weighted by Crippen LogP contribution is -2.14. The first-order chi connectivity index (χ1) is 12.1. The van der Waals surface area contributed by atoms with Gasteiger partial charge in [0.2, 0.25) is 0 Å². The predicted octanol–water partition coefficient (Wildman–Crippen LogP) is 2.16. The minimum Gasteiger partial charge on any atom is -0.386 e. The Bertz CT molecular complexity index is 936. The van der Waals surface area contributed by atoms with Crippen molar-refractivity contribution in [3.63, 3.8) is 0 Å².